The number of fused-ring (bicyclic) bond motifs is 2. The van der Waals surface area contributed by atoms with Gasteiger partial charge in [-0.1, -0.05) is 18.2 Å². The summed E-state index contributed by atoms with van der Waals surface area (Å²) in [4.78, 5) is 0. The van der Waals surface area contributed by atoms with Crippen molar-refractivity contribution in [3.8, 4) is 5.75 Å². The minimum atomic E-state index is 0.609. The Morgan fingerprint density at radius 3 is 3.13 bits per heavy atom. The van der Waals surface area contributed by atoms with Gasteiger partial charge in [0.1, 0.15) is 12.4 Å². The van der Waals surface area contributed by atoms with E-state index in [0.717, 1.165) is 23.7 Å². The molecule has 1 aliphatic heterocycles. The highest BCUT2D eigenvalue weighted by Crippen LogP contribution is 2.24. The highest BCUT2D eigenvalue weighted by molar-refractivity contribution is 5.35. The van der Waals surface area contributed by atoms with Gasteiger partial charge >= 0.3 is 0 Å². The smallest absolute Gasteiger partial charge is 0.130 e. The zero-order valence-corrected chi connectivity index (χ0v) is 8.60. The van der Waals surface area contributed by atoms with Gasteiger partial charge in [-0.3, -0.25) is 4.68 Å². The van der Waals surface area contributed by atoms with Gasteiger partial charge in [0.05, 0.1) is 17.9 Å². The first-order valence-electron chi connectivity index (χ1n) is 5.07. The Hall–Kier alpha value is -1.77. The second kappa shape index (κ2) is 3.12. The zero-order chi connectivity index (χ0) is 10.3. The molecule has 2 aromatic rings. The maximum atomic E-state index is 5.73. The number of para-hydroxylation sites is 1. The van der Waals surface area contributed by atoms with Crippen LogP contribution in [0.15, 0.2) is 30.3 Å². The number of aryl methyl sites for hydroxylation is 1. The van der Waals surface area contributed by atoms with E-state index >= 15 is 0 Å². The van der Waals surface area contributed by atoms with Crippen molar-refractivity contribution in [3.05, 3.63) is 47.3 Å². The predicted molar refractivity (Wildman–Crippen MR) is 56.8 cm³/mol. The summed E-state index contributed by atoms with van der Waals surface area (Å²) < 4.78 is 7.74. The molecule has 0 atom stereocenters. The molecule has 0 saturated carbocycles. The van der Waals surface area contributed by atoms with Gasteiger partial charge in [-0.15, -0.1) is 0 Å². The van der Waals surface area contributed by atoms with E-state index in [9.17, 15) is 0 Å². The lowest BCUT2D eigenvalue weighted by molar-refractivity contribution is 0.301. The molecule has 1 aromatic heterocycles. The molecule has 2 heterocycles. The molecule has 3 rings (SSSR count). The molecule has 0 N–H and O–H groups in total. The maximum Gasteiger partial charge on any atom is 0.130 e. The van der Waals surface area contributed by atoms with Crippen LogP contribution in [0.1, 0.15) is 17.0 Å². The fraction of sp³-hybridized carbons (Fsp3) is 0.250. The van der Waals surface area contributed by atoms with Gasteiger partial charge in [-0.05, 0) is 19.1 Å². The predicted octanol–water partition coefficient (Wildman–Crippen LogP) is 2.13. The molecule has 0 spiro atoms. The minimum absolute atomic E-state index is 0.609. The molecule has 0 bridgehead atoms. The number of ether oxygens (including phenoxy) is 1. The second-order valence-corrected chi connectivity index (χ2v) is 3.83. The van der Waals surface area contributed by atoms with Crippen molar-refractivity contribution in [1.82, 2.24) is 9.78 Å². The molecular formula is C12H12N2O. The number of hydrogen-bond donors (Lipinski definition) is 0. The van der Waals surface area contributed by atoms with Crippen LogP contribution in [0, 0.1) is 6.92 Å². The van der Waals surface area contributed by atoms with Gasteiger partial charge in [0.25, 0.3) is 0 Å². The van der Waals surface area contributed by atoms with Gasteiger partial charge in [-0.2, -0.15) is 5.10 Å². The third-order valence-corrected chi connectivity index (χ3v) is 2.65. The summed E-state index contributed by atoms with van der Waals surface area (Å²) >= 11 is 0. The van der Waals surface area contributed by atoms with Crippen LogP contribution >= 0.6 is 0 Å². The third-order valence-electron chi connectivity index (χ3n) is 2.65. The molecule has 15 heavy (non-hydrogen) atoms. The van der Waals surface area contributed by atoms with Crippen molar-refractivity contribution < 1.29 is 4.74 Å². The minimum Gasteiger partial charge on any atom is -0.487 e. The van der Waals surface area contributed by atoms with E-state index in [2.05, 4.69) is 17.2 Å². The van der Waals surface area contributed by atoms with Crippen LogP contribution in [0.4, 0.5) is 0 Å². The summed E-state index contributed by atoms with van der Waals surface area (Å²) in [6, 6.07) is 10.2. The molecule has 3 heteroatoms. The van der Waals surface area contributed by atoms with Crippen molar-refractivity contribution in [2.45, 2.75) is 20.1 Å². The molecule has 3 nitrogen and oxygen atoms in total. The summed E-state index contributed by atoms with van der Waals surface area (Å²) in [6.07, 6.45) is 0. The van der Waals surface area contributed by atoms with E-state index in [1.165, 1.54) is 5.56 Å². The second-order valence-electron chi connectivity index (χ2n) is 3.83. The fourth-order valence-electron chi connectivity index (χ4n) is 1.94. The maximum absolute atomic E-state index is 5.73. The van der Waals surface area contributed by atoms with Gasteiger partial charge in [-0.25, -0.2) is 0 Å². The Kier molecular flexibility index (Phi) is 1.78. The van der Waals surface area contributed by atoms with Crippen LogP contribution in [0.2, 0.25) is 0 Å². The van der Waals surface area contributed by atoms with E-state index < -0.39 is 0 Å². The van der Waals surface area contributed by atoms with Crippen molar-refractivity contribution in [2.24, 2.45) is 0 Å². The van der Waals surface area contributed by atoms with Crippen LogP contribution in [-0.4, -0.2) is 9.78 Å². The van der Waals surface area contributed by atoms with Gasteiger partial charge in [0, 0.05) is 5.56 Å². The lowest BCUT2D eigenvalue weighted by atomic mass is 10.2. The molecule has 0 unspecified atom stereocenters. The monoisotopic (exact) mass is 200 g/mol. The standard InChI is InChI=1S/C12H12N2O/c1-9-6-11-8-15-12-5-3-2-4-10(12)7-14(11)13-9/h2-6H,7-8H2,1H3. The molecule has 0 aliphatic carbocycles. The molecule has 1 aromatic carbocycles. The first-order chi connectivity index (χ1) is 7.33. The van der Waals surface area contributed by atoms with Crippen LogP contribution in [0.3, 0.4) is 0 Å². The average molecular weight is 200 g/mol. The topological polar surface area (TPSA) is 27.1 Å². The number of hydrogen-bond acceptors (Lipinski definition) is 2. The van der Waals surface area contributed by atoms with Crippen LogP contribution in [0.5, 0.6) is 5.75 Å². The van der Waals surface area contributed by atoms with Crippen molar-refractivity contribution in [2.75, 3.05) is 0 Å². The van der Waals surface area contributed by atoms with E-state index in [1.807, 2.05) is 29.8 Å². The summed E-state index contributed by atoms with van der Waals surface area (Å²) in [6.45, 7) is 3.42. The Bertz CT molecular complexity index is 502. The molecule has 0 fully saturated rings. The Balaban J connectivity index is 2.08. The molecular weight excluding hydrogens is 188 g/mol. The highest BCUT2D eigenvalue weighted by atomic mass is 16.5. The largest absolute Gasteiger partial charge is 0.487 e. The van der Waals surface area contributed by atoms with Crippen molar-refractivity contribution in [3.63, 3.8) is 0 Å². The van der Waals surface area contributed by atoms with E-state index in [-0.39, 0.29) is 0 Å². The van der Waals surface area contributed by atoms with Gasteiger partial charge in [0.2, 0.25) is 0 Å². The zero-order valence-electron chi connectivity index (χ0n) is 8.60. The molecule has 76 valence electrons. The number of aromatic nitrogens is 2. The van der Waals surface area contributed by atoms with E-state index in [4.69, 9.17) is 4.74 Å². The van der Waals surface area contributed by atoms with Crippen LogP contribution in [0.25, 0.3) is 0 Å². The normalized spacial score (nSPS) is 13.7. The Morgan fingerprint density at radius 1 is 1.33 bits per heavy atom. The highest BCUT2D eigenvalue weighted by Gasteiger charge is 2.14. The van der Waals surface area contributed by atoms with Gasteiger partial charge < -0.3 is 4.74 Å². The summed E-state index contributed by atoms with van der Waals surface area (Å²) in [5.74, 6) is 0.973. The average Bonchev–Trinajstić information content (AvgIpc) is 2.49. The summed E-state index contributed by atoms with van der Waals surface area (Å²) in [7, 11) is 0. The summed E-state index contributed by atoms with van der Waals surface area (Å²) in [5.41, 5.74) is 3.39. The van der Waals surface area contributed by atoms with Crippen molar-refractivity contribution in [1.29, 1.82) is 0 Å². The number of nitrogens with zero attached hydrogens (tertiary/aromatic N) is 2. The number of rotatable bonds is 0. The van der Waals surface area contributed by atoms with Crippen LogP contribution in [-0.2, 0) is 13.2 Å². The quantitative estimate of drug-likeness (QED) is 0.651. The molecule has 0 saturated heterocycles. The van der Waals surface area contributed by atoms with Crippen molar-refractivity contribution >= 4 is 0 Å². The fourth-order valence-corrected chi connectivity index (χ4v) is 1.94. The summed E-state index contributed by atoms with van der Waals surface area (Å²) in [5, 5.41) is 4.45. The third kappa shape index (κ3) is 1.40. The SMILES string of the molecule is Cc1cc2n(n1)Cc1ccccc1OC2. The first kappa shape index (κ1) is 8.53. The Morgan fingerprint density at radius 2 is 2.20 bits per heavy atom. The lowest BCUT2D eigenvalue weighted by Crippen LogP contribution is -2.03. The van der Waals surface area contributed by atoms with E-state index in [0.29, 0.717) is 6.61 Å². The van der Waals surface area contributed by atoms with E-state index in [1.54, 1.807) is 0 Å². The first-order valence-corrected chi connectivity index (χ1v) is 5.07. The Labute approximate surface area is 88.3 Å². The van der Waals surface area contributed by atoms with Gasteiger partial charge in [0.15, 0.2) is 0 Å². The lowest BCUT2D eigenvalue weighted by Gasteiger charge is -2.04. The molecule has 1 aliphatic rings. The van der Waals surface area contributed by atoms with Crippen LogP contribution < -0.4 is 4.74 Å². The number of benzene rings is 1. The molecule has 0 amide bonds. The molecule has 0 radical (unpaired) electrons.